The van der Waals surface area contributed by atoms with Crippen molar-refractivity contribution in [1.29, 1.82) is 0 Å². The third kappa shape index (κ3) is 3.63. The standard InChI is InChI=1S/C15H20ClNO2/c1-10-4-2-3-5-11(10)9-17-12-6-7-13(15(18)19)14(16)8-12/h6-8,10-11,17H,2-5,9H2,1H3,(H,18,19). The van der Waals surface area contributed by atoms with E-state index in [-0.39, 0.29) is 10.6 Å². The van der Waals surface area contributed by atoms with E-state index in [9.17, 15) is 4.79 Å². The Balaban J connectivity index is 1.96. The number of hydrogen-bond donors (Lipinski definition) is 2. The largest absolute Gasteiger partial charge is 0.478 e. The minimum atomic E-state index is -0.988. The summed E-state index contributed by atoms with van der Waals surface area (Å²) in [4.78, 5) is 10.9. The number of halogens is 1. The van der Waals surface area contributed by atoms with Crippen LogP contribution < -0.4 is 5.32 Å². The van der Waals surface area contributed by atoms with Crippen LogP contribution in [0.2, 0.25) is 5.02 Å². The third-order valence-electron chi connectivity index (χ3n) is 4.06. The van der Waals surface area contributed by atoms with Gasteiger partial charge in [-0.2, -0.15) is 0 Å². The first kappa shape index (κ1) is 14.2. The fraction of sp³-hybridized carbons (Fsp3) is 0.533. The number of carboxylic acids is 1. The fourth-order valence-corrected chi connectivity index (χ4v) is 3.01. The molecule has 1 fully saturated rings. The van der Waals surface area contributed by atoms with Crippen LogP contribution in [0.25, 0.3) is 0 Å². The predicted molar refractivity (Wildman–Crippen MR) is 78.0 cm³/mol. The summed E-state index contributed by atoms with van der Waals surface area (Å²) in [5, 5.41) is 12.6. The molecule has 0 bridgehead atoms. The summed E-state index contributed by atoms with van der Waals surface area (Å²) in [6.07, 6.45) is 5.24. The molecule has 2 rings (SSSR count). The molecule has 1 aromatic carbocycles. The SMILES string of the molecule is CC1CCCCC1CNc1ccc(C(=O)O)c(Cl)c1. The molecule has 2 atom stereocenters. The van der Waals surface area contributed by atoms with Gasteiger partial charge in [0.15, 0.2) is 0 Å². The molecule has 3 nitrogen and oxygen atoms in total. The molecule has 2 unspecified atom stereocenters. The Morgan fingerprint density at radius 1 is 1.42 bits per heavy atom. The average Bonchev–Trinajstić information content (AvgIpc) is 2.37. The van der Waals surface area contributed by atoms with Crippen LogP contribution in [0, 0.1) is 11.8 Å². The highest BCUT2D eigenvalue weighted by Gasteiger charge is 2.20. The highest BCUT2D eigenvalue weighted by Crippen LogP contribution is 2.30. The second-order valence-corrected chi connectivity index (χ2v) is 5.81. The van der Waals surface area contributed by atoms with E-state index in [2.05, 4.69) is 12.2 Å². The number of carboxylic acid groups (broad SMARTS) is 1. The number of carbonyl (C=O) groups is 1. The van der Waals surface area contributed by atoms with Gasteiger partial charge < -0.3 is 10.4 Å². The normalized spacial score (nSPS) is 23.1. The van der Waals surface area contributed by atoms with Gasteiger partial charge in [-0.3, -0.25) is 0 Å². The van der Waals surface area contributed by atoms with Crippen molar-refractivity contribution in [3.05, 3.63) is 28.8 Å². The Labute approximate surface area is 119 Å². The average molecular weight is 282 g/mol. The van der Waals surface area contributed by atoms with Gasteiger partial charge >= 0.3 is 5.97 Å². The van der Waals surface area contributed by atoms with Crippen LogP contribution in [0.5, 0.6) is 0 Å². The maximum Gasteiger partial charge on any atom is 0.337 e. The van der Waals surface area contributed by atoms with E-state index in [1.54, 1.807) is 18.2 Å². The molecule has 0 heterocycles. The zero-order chi connectivity index (χ0) is 13.8. The maximum absolute atomic E-state index is 10.9. The second-order valence-electron chi connectivity index (χ2n) is 5.40. The fourth-order valence-electron chi connectivity index (χ4n) is 2.74. The predicted octanol–water partition coefficient (Wildman–Crippen LogP) is 4.28. The molecule has 0 radical (unpaired) electrons. The molecule has 1 aliphatic carbocycles. The van der Waals surface area contributed by atoms with Gasteiger partial charge in [0.25, 0.3) is 0 Å². The number of aromatic carboxylic acids is 1. The molecule has 4 heteroatoms. The lowest BCUT2D eigenvalue weighted by Crippen LogP contribution is -2.24. The topological polar surface area (TPSA) is 49.3 Å². The first-order valence-corrected chi connectivity index (χ1v) is 7.22. The lowest BCUT2D eigenvalue weighted by atomic mass is 9.80. The minimum Gasteiger partial charge on any atom is -0.478 e. The van der Waals surface area contributed by atoms with E-state index >= 15 is 0 Å². The van der Waals surface area contributed by atoms with Gasteiger partial charge in [-0.05, 0) is 36.5 Å². The number of rotatable bonds is 4. The van der Waals surface area contributed by atoms with Gasteiger partial charge in [-0.15, -0.1) is 0 Å². The van der Waals surface area contributed by atoms with Crippen LogP contribution in [0.15, 0.2) is 18.2 Å². The first-order chi connectivity index (χ1) is 9.08. The van der Waals surface area contributed by atoms with Crippen LogP contribution in [0.1, 0.15) is 43.0 Å². The smallest absolute Gasteiger partial charge is 0.337 e. The van der Waals surface area contributed by atoms with E-state index in [1.165, 1.54) is 25.7 Å². The molecule has 19 heavy (non-hydrogen) atoms. The maximum atomic E-state index is 10.9. The summed E-state index contributed by atoms with van der Waals surface area (Å²) in [5.74, 6) is 0.471. The molecule has 0 amide bonds. The number of anilines is 1. The molecule has 104 valence electrons. The Bertz CT molecular complexity index is 461. The monoisotopic (exact) mass is 281 g/mol. The van der Waals surface area contributed by atoms with Crippen molar-refractivity contribution in [2.45, 2.75) is 32.6 Å². The summed E-state index contributed by atoms with van der Waals surface area (Å²) in [6, 6.07) is 5.03. The van der Waals surface area contributed by atoms with E-state index in [1.807, 2.05) is 0 Å². The Kier molecular flexibility index (Phi) is 4.70. The van der Waals surface area contributed by atoms with Gasteiger partial charge in [0, 0.05) is 12.2 Å². The minimum absolute atomic E-state index is 0.151. The lowest BCUT2D eigenvalue weighted by molar-refractivity contribution is 0.0697. The molecule has 2 N–H and O–H groups in total. The zero-order valence-electron chi connectivity index (χ0n) is 11.2. The first-order valence-electron chi connectivity index (χ1n) is 6.84. The second kappa shape index (κ2) is 6.29. The van der Waals surface area contributed by atoms with Crippen LogP contribution in [0.3, 0.4) is 0 Å². The molecule has 0 spiro atoms. The van der Waals surface area contributed by atoms with Crippen molar-refractivity contribution in [2.24, 2.45) is 11.8 Å². The summed E-state index contributed by atoms with van der Waals surface area (Å²) in [6.45, 7) is 3.25. The molecule has 1 aromatic rings. The van der Waals surface area contributed by atoms with Gasteiger partial charge in [-0.1, -0.05) is 37.8 Å². The van der Waals surface area contributed by atoms with Crippen LogP contribution in [0.4, 0.5) is 5.69 Å². The van der Waals surface area contributed by atoms with Crippen molar-refractivity contribution in [3.8, 4) is 0 Å². The van der Waals surface area contributed by atoms with Crippen molar-refractivity contribution in [1.82, 2.24) is 0 Å². The molecular weight excluding hydrogens is 262 g/mol. The molecule has 0 aromatic heterocycles. The number of nitrogens with one attached hydrogen (secondary N) is 1. The highest BCUT2D eigenvalue weighted by molar-refractivity contribution is 6.33. The Morgan fingerprint density at radius 3 is 2.79 bits per heavy atom. The van der Waals surface area contributed by atoms with Crippen LogP contribution >= 0.6 is 11.6 Å². The van der Waals surface area contributed by atoms with Crippen molar-refractivity contribution in [3.63, 3.8) is 0 Å². The molecule has 0 aliphatic heterocycles. The van der Waals surface area contributed by atoms with Gasteiger partial charge in [0.05, 0.1) is 10.6 Å². The zero-order valence-corrected chi connectivity index (χ0v) is 11.9. The van der Waals surface area contributed by atoms with Crippen LogP contribution in [-0.2, 0) is 0 Å². The van der Waals surface area contributed by atoms with E-state index in [4.69, 9.17) is 16.7 Å². The summed E-state index contributed by atoms with van der Waals surface area (Å²) < 4.78 is 0. The Hall–Kier alpha value is -1.22. The lowest BCUT2D eigenvalue weighted by Gasteiger charge is -2.29. The van der Waals surface area contributed by atoms with Gasteiger partial charge in [0.2, 0.25) is 0 Å². The summed E-state index contributed by atoms with van der Waals surface area (Å²) in [5.41, 5.74) is 1.05. The van der Waals surface area contributed by atoms with Crippen molar-refractivity contribution >= 4 is 23.3 Å². The van der Waals surface area contributed by atoms with Crippen molar-refractivity contribution in [2.75, 3.05) is 11.9 Å². The van der Waals surface area contributed by atoms with E-state index < -0.39 is 5.97 Å². The Morgan fingerprint density at radius 2 is 2.16 bits per heavy atom. The summed E-state index contributed by atoms with van der Waals surface area (Å²) >= 11 is 5.95. The molecule has 0 saturated heterocycles. The molecule has 1 saturated carbocycles. The van der Waals surface area contributed by atoms with Gasteiger partial charge in [0.1, 0.15) is 0 Å². The molecular formula is C15H20ClNO2. The number of hydrogen-bond acceptors (Lipinski definition) is 2. The number of benzene rings is 1. The van der Waals surface area contributed by atoms with Crippen LogP contribution in [-0.4, -0.2) is 17.6 Å². The van der Waals surface area contributed by atoms with Crippen molar-refractivity contribution < 1.29 is 9.90 Å². The quantitative estimate of drug-likeness (QED) is 0.866. The van der Waals surface area contributed by atoms with E-state index in [0.29, 0.717) is 5.92 Å². The van der Waals surface area contributed by atoms with Gasteiger partial charge in [-0.25, -0.2) is 4.79 Å². The molecule has 1 aliphatic rings. The summed E-state index contributed by atoms with van der Waals surface area (Å²) in [7, 11) is 0. The third-order valence-corrected chi connectivity index (χ3v) is 4.37. The highest BCUT2D eigenvalue weighted by atomic mass is 35.5. The van der Waals surface area contributed by atoms with E-state index in [0.717, 1.165) is 18.2 Å².